The molecular formula is C10H13N5S. The van der Waals surface area contributed by atoms with E-state index in [9.17, 15) is 0 Å². The maximum absolute atomic E-state index is 5.87. The summed E-state index contributed by atoms with van der Waals surface area (Å²) < 4.78 is 0. The Morgan fingerprint density at radius 1 is 1.50 bits per heavy atom. The van der Waals surface area contributed by atoms with Crippen LogP contribution in [0.5, 0.6) is 0 Å². The summed E-state index contributed by atoms with van der Waals surface area (Å²) >= 11 is 1.42. The fraction of sp³-hybridized carbons (Fsp3) is 0.300. The second-order valence-electron chi connectivity index (χ2n) is 3.49. The number of nitrogens with zero attached hydrogens (tertiary/aromatic N) is 3. The van der Waals surface area contributed by atoms with E-state index in [1.807, 2.05) is 26.0 Å². The van der Waals surface area contributed by atoms with Gasteiger partial charge in [-0.3, -0.25) is 5.10 Å². The van der Waals surface area contributed by atoms with E-state index in [0.29, 0.717) is 5.16 Å². The summed E-state index contributed by atoms with van der Waals surface area (Å²) in [6.07, 6.45) is 1.74. The summed E-state index contributed by atoms with van der Waals surface area (Å²) in [5, 5.41) is 8.38. The number of H-pyrrole nitrogens is 1. The van der Waals surface area contributed by atoms with Crippen molar-refractivity contribution in [1.82, 2.24) is 20.2 Å². The first kappa shape index (κ1) is 11.1. The van der Waals surface area contributed by atoms with Crippen LogP contribution in [0.3, 0.4) is 0 Å². The Labute approximate surface area is 97.9 Å². The molecule has 84 valence electrons. The monoisotopic (exact) mass is 235 g/mol. The van der Waals surface area contributed by atoms with Gasteiger partial charge in [-0.1, -0.05) is 6.07 Å². The molecule has 16 heavy (non-hydrogen) atoms. The highest BCUT2D eigenvalue weighted by molar-refractivity contribution is 7.99. The molecule has 0 fully saturated rings. The number of hydrogen-bond donors (Lipinski definition) is 2. The largest absolute Gasteiger partial charge is 0.324 e. The van der Waals surface area contributed by atoms with Gasteiger partial charge in [0.05, 0.1) is 0 Å². The van der Waals surface area contributed by atoms with E-state index < -0.39 is 0 Å². The zero-order chi connectivity index (χ0) is 11.5. The summed E-state index contributed by atoms with van der Waals surface area (Å²) in [5.74, 6) is 0.792. The predicted molar refractivity (Wildman–Crippen MR) is 62.1 cm³/mol. The molecule has 0 aliphatic carbocycles. The predicted octanol–water partition coefficient (Wildman–Crippen LogP) is 1.68. The van der Waals surface area contributed by atoms with E-state index in [2.05, 4.69) is 20.2 Å². The zero-order valence-corrected chi connectivity index (χ0v) is 9.95. The van der Waals surface area contributed by atoms with Crippen molar-refractivity contribution < 1.29 is 0 Å². The minimum Gasteiger partial charge on any atom is -0.324 e. The van der Waals surface area contributed by atoms with E-state index in [4.69, 9.17) is 5.73 Å². The number of aromatic nitrogens is 4. The minimum atomic E-state index is -0.0451. The Balaban J connectivity index is 2.27. The average molecular weight is 235 g/mol. The molecule has 0 unspecified atom stereocenters. The van der Waals surface area contributed by atoms with Gasteiger partial charge in [-0.25, -0.2) is 9.97 Å². The number of nitrogens with one attached hydrogen (secondary N) is 1. The SMILES string of the molecule is Cc1nc(Sc2ncccc2[C@H](C)N)n[nH]1. The lowest BCUT2D eigenvalue weighted by molar-refractivity contribution is 0.778. The van der Waals surface area contributed by atoms with Gasteiger partial charge in [0.1, 0.15) is 10.9 Å². The van der Waals surface area contributed by atoms with Crippen molar-refractivity contribution in [3.63, 3.8) is 0 Å². The van der Waals surface area contributed by atoms with Crippen molar-refractivity contribution in [3.05, 3.63) is 29.7 Å². The minimum absolute atomic E-state index is 0.0451. The van der Waals surface area contributed by atoms with Crippen LogP contribution in [-0.4, -0.2) is 20.2 Å². The summed E-state index contributed by atoms with van der Waals surface area (Å²) in [5.41, 5.74) is 6.88. The third-order valence-corrected chi connectivity index (χ3v) is 2.96. The van der Waals surface area contributed by atoms with Gasteiger partial charge in [0, 0.05) is 17.8 Å². The summed E-state index contributed by atoms with van der Waals surface area (Å²) in [6.45, 7) is 3.80. The van der Waals surface area contributed by atoms with Crippen LogP contribution in [0.15, 0.2) is 28.5 Å². The normalized spacial score (nSPS) is 12.7. The Morgan fingerprint density at radius 3 is 2.94 bits per heavy atom. The molecule has 2 rings (SSSR count). The summed E-state index contributed by atoms with van der Waals surface area (Å²) in [7, 11) is 0. The second-order valence-corrected chi connectivity index (χ2v) is 4.45. The third-order valence-electron chi connectivity index (χ3n) is 2.06. The highest BCUT2D eigenvalue weighted by atomic mass is 32.2. The van der Waals surface area contributed by atoms with Crippen LogP contribution in [0.25, 0.3) is 0 Å². The van der Waals surface area contributed by atoms with Crippen molar-refractivity contribution >= 4 is 11.8 Å². The molecule has 2 heterocycles. The van der Waals surface area contributed by atoms with Gasteiger partial charge in [-0.15, -0.1) is 5.10 Å². The maximum Gasteiger partial charge on any atom is 0.214 e. The van der Waals surface area contributed by atoms with E-state index >= 15 is 0 Å². The molecule has 5 nitrogen and oxygen atoms in total. The highest BCUT2D eigenvalue weighted by Crippen LogP contribution is 2.28. The molecule has 0 aliphatic heterocycles. The molecule has 0 aromatic carbocycles. The molecule has 0 amide bonds. The summed E-state index contributed by atoms with van der Waals surface area (Å²) in [4.78, 5) is 8.52. The molecule has 0 saturated heterocycles. The van der Waals surface area contributed by atoms with Crippen molar-refractivity contribution in [2.24, 2.45) is 5.73 Å². The molecule has 0 saturated carbocycles. The van der Waals surface area contributed by atoms with E-state index in [0.717, 1.165) is 16.4 Å². The van der Waals surface area contributed by atoms with E-state index in [1.165, 1.54) is 11.8 Å². The number of hydrogen-bond acceptors (Lipinski definition) is 5. The number of aromatic amines is 1. The van der Waals surface area contributed by atoms with Crippen molar-refractivity contribution in [2.75, 3.05) is 0 Å². The van der Waals surface area contributed by atoms with Gasteiger partial charge in [0.25, 0.3) is 0 Å². The molecular weight excluding hydrogens is 222 g/mol. The maximum atomic E-state index is 5.87. The first-order valence-corrected chi connectivity index (χ1v) is 5.76. The van der Waals surface area contributed by atoms with Crippen LogP contribution in [0, 0.1) is 6.92 Å². The van der Waals surface area contributed by atoms with Crippen LogP contribution in [0.4, 0.5) is 0 Å². The standard InChI is InChI=1S/C10H13N5S/c1-6(11)8-4-3-5-12-9(8)16-10-13-7(2)14-15-10/h3-6H,11H2,1-2H3,(H,13,14,15)/t6-/m0/s1. The molecule has 1 atom stereocenters. The molecule has 2 aromatic heterocycles. The fourth-order valence-corrected chi connectivity index (χ4v) is 2.22. The van der Waals surface area contributed by atoms with Gasteiger partial charge in [-0.2, -0.15) is 0 Å². The van der Waals surface area contributed by atoms with Crippen molar-refractivity contribution in [2.45, 2.75) is 30.1 Å². The average Bonchev–Trinajstić information content (AvgIpc) is 2.64. The van der Waals surface area contributed by atoms with Crippen LogP contribution in [-0.2, 0) is 0 Å². The lowest BCUT2D eigenvalue weighted by Gasteiger charge is -2.08. The molecule has 2 aromatic rings. The lowest BCUT2D eigenvalue weighted by atomic mass is 10.2. The molecule has 3 N–H and O–H groups in total. The van der Waals surface area contributed by atoms with Gasteiger partial charge in [0.2, 0.25) is 5.16 Å². The van der Waals surface area contributed by atoms with Crippen LogP contribution >= 0.6 is 11.8 Å². The van der Waals surface area contributed by atoms with Crippen LogP contribution < -0.4 is 5.73 Å². The van der Waals surface area contributed by atoms with Crippen molar-refractivity contribution in [3.8, 4) is 0 Å². The lowest BCUT2D eigenvalue weighted by Crippen LogP contribution is -2.07. The van der Waals surface area contributed by atoms with Gasteiger partial charge >= 0.3 is 0 Å². The smallest absolute Gasteiger partial charge is 0.214 e. The Hall–Kier alpha value is -1.40. The number of pyridine rings is 1. The number of rotatable bonds is 3. The number of nitrogens with two attached hydrogens (primary N) is 1. The van der Waals surface area contributed by atoms with Gasteiger partial charge in [-0.05, 0) is 31.7 Å². The molecule has 0 radical (unpaired) electrons. The topological polar surface area (TPSA) is 80.5 Å². The van der Waals surface area contributed by atoms with Gasteiger partial charge < -0.3 is 5.73 Å². The highest BCUT2D eigenvalue weighted by Gasteiger charge is 2.11. The number of aryl methyl sites for hydroxylation is 1. The Morgan fingerprint density at radius 2 is 2.31 bits per heavy atom. The Bertz CT molecular complexity index is 480. The van der Waals surface area contributed by atoms with Gasteiger partial charge in [0.15, 0.2) is 0 Å². The van der Waals surface area contributed by atoms with E-state index in [1.54, 1.807) is 6.20 Å². The van der Waals surface area contributed by atoms with Crippen LogP contribution in [0.2, 0.25) is 0 Å². The molecule has 6 heteroatoms. The first-order valence-electron chi connectivity index (χ1n) is 4.94. The molecule has 0 spiro atoms. The zero-order valence-electron chi connectivity index (χ0n) is 9.14. The second kappa shape index (κ2) is 4.63. The van der Waals surface area contributed by atoms with Crippen LogP contribution in [0.1, 0.15) is 24.4 Å². The third kappa shape index (κ3) is 2.40. The van der Waals surface area contributed by atoms with E-state index in [-0.39, 0.29) is 6.04 Å². The quantitative estimate of drug-likeness (QED) is 0.846. The Kier molecular flexibility index (Phi) is 3.21. The molecule has 0 bridgehead atoms. The first-order chi connectivity index (χ1) is 7.66. The summed E-state index contributed by atoms with van der Waals surface area (Å²) in [6, 6.07) is 3.81. The molecule has 0 aliphatic rings. The fourth-order valence-electron chi connectivity index (χ4n) is 1.29. The van der Waals surface area contributed by atoms with Crippen molar-refractivity contribution in [1.29, 1.82) is 0 Å².